The maximum atomic E-state index is 5.08. The molecule has 8 aromatic rings. The van der Waals surface area contributed by atoms with Gasteiger partial charge in [0.1, 0.15) is 0 Å². The van der Waals surface area contributed by atoms with E-state index in [1.54, 1.807) is 0 Å². The molecule has 7 aliphatic rings. The lowest BCUT2D eigenvalue weighted by atomic mass is 9.54. The van der Waals surface area contributed by atoms with Crippen molar-refractivity contribution in [3.63, 3.8) is 0 Å². The third-order valence-electron chi connectivity index (χ3n) is 15.0. The van der Waals surface area contributed by atoms with Crippen molar-refractivity contribution < 1.29 is 0 Å². The lowest BCUT2D eigenvalue weighted by Crippen LogP contribution is -2.40. The first-order chi connectivity index (χ1) is 35.4. The number of hydrogen-bond donors (Lipinski definition) is 4. The highest BCUT2D eigenvalue weighted by Gasteiger charge is 2.47. The van der Waals surface area contributed by atoms with Crippen LogP contribution in [0.4, 0.5) is 0 Å². The van der Waals surface area contributed by atoms with Gasteiger partial charge in [-0.05, 0) is 207 Å². The molecule has 10 heterocycles. The first kappa shape index (κ1) is 41.7. The maximum Gasteiger partial charge on any atom is 0.0737 e. The van der Waals surface area contributed by atoms with E-state index in [2.05, 4.69) is 226 Å². The topological polar surface area (TPSA) is 115 Å². The van der Waals surface area contributed by atoms with Gasteiger partial charge < -0.3 is 19.9 Å². The van der Waals surface area contributed by atoms with Gasteiger partial charge in [0.05, 0.1) is 45.6 Å². The van der Waals surface area contributed by atoms with Crippen LogP contribution in [0.2, 0.25) is 0 Å². The van der Waals surface area contributed by atoms with E-state index in [-0.39, 0.29) is 10.8 Å². The third kappa shape index (κ3) is 8.09. The molecule has 3 saturated carbocycles. The van der Waals surface area contributed by atoms with Crippen LogP contribution in [0.5, 0.6) is 0 Å². The molecular formula is C64H46N8. The molecule has 4 aliphatic heterocycles. The van der Waals surface area contributed by atoms with Crippen LogP contribution in [0, 0.1) is 34.5 Å². The summed E-state index contributed by atoms with van der Waals surface area (Å²) >= 11 is 0. The predicted molar refractivity (Wildman–Crippen MR) is 295 cm³/mol. The van der Waals surface area contributed by atoms with E-state index in [9.17, 15) is 0 Å². The van der Waals surface area contributed by atoms with Crippen molar-refractivity contribution in [1.82, 2.24) is 39.9 Å². The van der Waals surface area contributed by atoms with Gasteiger partial charge in [-0.1, -0.05) is 47.9 Å². The van der Waals surface area contributed by atoms with E-state index in [0.29, 0.717) is 0 Å². The van der Waals surface area contributed by atoms with E-state index in [4.69, 9.17) is 19.9 Å². The second-order valence-electron chi connectivity index (χ2n) is 19.8. The first-order valence-corrected chi connectivity index (χ1v) is 24.8. The van der Waals surface area contributed by atoms with Gasteiger partial charge in [-0.15, -0.1) is 0 Å². The summed E-state index contributed by atoms with van der Waals surface area (Å²) in [6.07, 6.45) is 23.1. The Kier molecular flexibility index (Phi) is 9.69. The molecule has 8 heteroatoms. The average molecular weight is 927 g/mol. The number of benzene rings is 2. The van der Waals surface area contributed by atoms with Crippen molar-refractivity contribution in [2.24, 2.45) is 10.8 Å². The van der Waals surface area contributed by atoms with Crippen LogP contribution >= 0.6 is 0 Å². The molecule has 8 nitrogen and oxygen atoms in total. The quantitative estimate of drug-likeness (QED) is 0.129. The SMILES string of the molecule is C(#CC12CCC(C#Cc3ccc(-c4c5nc(cc6ccc(cc7ccc(cc8nc4C=C8)[nH]7)[nH]6)C=C5)cc3)(CC1)CC2)c1ccc(-c2c3nc(cc4ccc(cc5ccc(cc6nc2C=C6)[nH]5)[nH]4)C=C3)cc1. The van der Waals surface area contributed by atoms with Gasteiger partial charge in [-0.2, -0.15) is 0 Å². The Morgan fingerprint density at radius 3 is 0.847 bits per heavy atom. The number of nitrogens with one attached hydrogen (secondary N) is 4. The molecule has 0 saturated heterocycles. The number of hydrogen-bond acceptors (Lipinski definition) is 4. The van der Waals surface area contributed by atoms with Crippen molar-refractivity contribution in [2.75, 3.05) is 0 Å². The fourth-order valence-corrected chi connectivity index (χ4v) is 11.0. The number of nitrogens with zero attached hydrogens (tertiary/aromatic N) is 4. The molecule has 2 aromatic carbocycles. The number of aromatic nitrogens is 8. The summed E-state index contributed by atoms with van der Waals surface area (Å²) in [5.41, 5.74) is 21.4. The molecule has 0 atom stereocenters. The van der Waals surface area contributed by atoms with Crippen LogP contribution in [-0.2, 0) is 0 Å². The van der Waals surface area contributed by atoms with Crippen LogP contribution in [0.15, 0.2) is 133 Å². The zero-order valence-electron chi connectivity index (χ0n) is 39.4. The first-order valence-electron chi connectivity index (χ1n) is 24.8. The molecule has 3 aliphatic carbocycles. The third-order valence-corrected chi connectivity index (χ3v) is 15.0. The van der Waals surface area contributed by atoms with E-state index in [1.165, 1.54) is 0 Å². The van der Waals surface area contributed by atoms with E-state index in [1.807, 2.05) is 0 Å². The average Bonchev–Trinajstić information content (AvgIpc) is 4.26. The van der Waals surface area contributed by atoms with E-state index in [0.717, 1.165) is 162 Å². The smallest absolute Gasteiger partial charge is 0.0737 e. The molecule has 18 bridgehead atoms. The maximum absolute atomic E-state index is 5.08. The van der Waals surface area contributed by atoms with Crippen molar-refractivity contribution in [3.8, 4) is 45.9 Å². The summed E-state index contributed by atoms with van der Waals surface area (Å²) < 4.78 is 0. The van der Waals surface area contributed by atoms with Crippen LogP contribution in [-0.4, -0.2) is 39.9 Å². The fraction of sp³-hybridized carbons (Fsp3) is 0.125. The van der Waals surface area contributed by atoms with Crippen molar-refractivity contribution in [3.05, 3.63) is 190 Å². The molecule has 342 valence electrons. The summed E-state index contributed by atoms with van der Waals surface area (Å²) in [5.74, 6) is 14.8. The van der Waals surface area contributed by atoms with Crippen LogP contribution in [0.25, 0.3) is 115 Å². The minimum Gasteiger partial charge on any atom is -0.355 e. The molecule has 72 heavy (non-hydrogen) atoms. The second kappa shape index (κ2) is 16.7. The normalized spacial score (nSPS) is 18.2. The van der Waals surface area contributed by atoms with Crippen molar-refractivity contribution in [2.45, 2.75) is 38.5 Å². The monoisotopic (exact) mass is 926 g/mol. The summed E-state index contributed by atoms with van der Waals surface area (Å²) in [6, 6.07) is 46.5. The second-order valence-corrected chi connectivity index (χ2v) is 19.8. The molecule has 0 radical (unpaired) electrons. The minimum absolute atomic E-state index is 0.0333. The molecule has 3 fully saturated rings. The number of fused-ring (bicyclic) bond motifs is 19. The molecule has 6 aromatic heterocycles. The lowest BCUT2D eigenvalue weighted by molar-refractivity contribution is 0.0718. The van der Waals surface area contributed by atoms with Gasteiger partial charge in [0.15, 0.2) is 0 Å². The lowest BCUT2D eigenvalue weighted by Gasteiger charge is -2.48. The molecule has 15 rings (SSSR count). The summed E-state index contributed by atoms with van der Waals surface area (Å²) in [7, 11) is 0. The predicted octanol–water partition coefficient (Wildman–Crippen LogP) is 14.7. The van der Waals surface area contributed by atoms with Gasteiger partial charge in [-0.3, -0.25) is 0 Å². The zero-order valence-corrected chi connectivity index (χ0v) is 39.4. The standard InChI is InChI=1S/C64H46N8/c1-5-43(61-57-21-17-53(69-57)37-49-13-9-45(65-49)35-46-10-14-50(66-46)38-54-18-22-58(61)70-54)6-2-41(1)25-27-63-29-32-64(33-30-63,34-31-63)28-26-42-3-7-44(8-4-42)62-59-23-19-55(71-59)39-51-15-11-47(67-51)36-48-12-16-52(68-48)40-56-20-24-60(62)72-56/h1-24,35-40,65-68H,29-34H2. The van der Waals surface area contributed by atoms with Crippen LogP contribution in [0.3, 0.4) is 0 Å². The number of H-pyrrole nitrogens is 4. The van der Waals surface area contributed by atoms with Crippen molar-refractivity contribution >= 4 is 92.7 Å². The van der Waals surface area contributed by atoms with Crippen LogP contribution < -0.4 is 0 Å². The fourth-order valence-electron chi connectivity index (χ4n) is 11.0. The van der Waals surface area contributed by atoms with E-state index >= 15 is 0 Å². The molecule has 0 spiro atoms. The molecule has 0 unspecified atom stereocenters. The summed E-state index contributed by atoms with van der Waals surface area (Å²) in [4.78, 5) is 34.3. The Morgan fingerprint density at radius 2 is 0.569 bits per heavy atom. The van der Waals surface area contributed by atoms with Gasteiger partial charge in [0.2, 0.25) is 0 Å². The highest BCUT2D eigenvalue weighted by molar-refractivity contribution is 5.91. The largest absolute Gasteiger partial charge is 0.355 e. The Morgan fingerprint density at radius 1 is 0.306 bits per heavy atom. The Bertz CT molecular complexity index is 3700. The minimum atomic E-state index is 0.0333. The van der Waals surface area contributed by atoms with Gasteiger partial charge in [0.25, 0.3) is 0 Å². The van der Waals surface area contributed by atoms with Gasteiger partial charge >= 0.3 is 0 Å². The number of aromatic amines is 4. The van der Waals surface area contributed by atoms with Gasteiger partial charge in [-0.25, -0.2) is 19.9 Å². The molecular weight excluding hydrogens is 881 g/mol. The molecule has 4 N–H and O–H groups in total. The van der Waals surface area contributed by atoms with E-state index < -0.39 is 0 Å². The number of rotatable bonds is 2. The Balaban J connectivity index is 0.708. The highest BCUT2D eigenvalue weighted by Crippen LogP contribution is 2.56. The summed E-state index contributed by atoms with van der Waals surface area (Å²) in [5, 5.41) is 0. The highest BCUT2D eigenvalue weighted by atomic mass is 14.8. The van der Waals surface area contributed by atoms with Crippen molar-refractivity contribution in [1.29, 1.82) is 0 Å². The van der Waals surface area contributed by atoms with Gasteiger partial charge in [0, 0.05) is 77.2 Å². The Labute approximate surface area is 416 Å². The summed E-state index contributed by atoms with van der Waals surface area (Å²) in [6.45, 7) is 0. The Hall–Kier alpha value is -9.24. The zero-order chi connectivity index (χ0) is 47.6. The van der Waals surface area contributed by atoms with Crippen LogP contribution in [0.1, 0.15) is 95.2 Å². The molecule has 0 amide bonds.